The number of hydrogen-bond donors (Lipinski definition) is 0. The Morgan fingerprint density at radius 3 is 2.58 bits per heavy atom. The molecule has 0 atom stereocenters. The van der Waals surface area contributed by atoms with Gasteiger partial charge in [-0.2, -0.15) is 5.26 Å². The standard InChI is InChI=1S/C30H27ClN2O2S/c1-35-26-15-14-22(21-9-7-8-20(16-21)18-32)17-23(26)19-33(24-10-3-2-4-11-24)30(34)29-28(31)25-12-5-6-13-27(25)36-29/h5-9,12-17,24H,2-4,10-11,19H2,1H3. The monoisotopic (exact) mass is 514 g/mol. The predicted octanol–water partition coefficient (Wildman–Crippen LogP) is 8.08. The maximum absolute atomic E-state index is 14.1. The highest BCUT2D eigenvalue weighted by molar-refractivity contribution is 7.21. The number of thiophene rings is 1. The molecule has 1 saturated carbocycles. The van der Waals surface area contributed by atoms with Gasteiger partial charge in [0.05, 0.1) is 23.8 Å². The maximum atomic E-state index is 14.1. The second-order valence-corrected chi connectivity index (χ2v) is 10.6. The highest BCUT2D eigenvalue weighted by Gasteiger charge is 2.30. The largest absolute Gasteiger partial charge is 0.496 e. The molecule has 1 fully saturated rings. The van der Waals surface area contributed by atoms with E-state index in [9.17, 15) is 10.1 Å². The number of hydrogen-bond acceptors (Lipinski definition) is 4. The van der Waals surface area contributed by atoms with Crippen molar-refractivity contribution >= 4 is 38.9 Å². The van der Waals surface area contributed by atoms with Crippen molar-refractivity contribution in [2.75, 3.05) is 7.11 Å². The van der Waals surface area contributed by atoms with Crippen molar-refractivity contribution < 1.29 is 9.53 Å². The van der Waals surface area contributed by atoms with Crippen molar-refractivity contribution in [1.29, 1.82) is 5.26 Å². The minimum atomic E-state index is -0.0213. The molecule has 0 unspecified atom stereocenters. The number of nitriles is 1. The van der Waals surface area contributed by atoms with Crippen LogP contribution in [0.25, 0.3) is 21.2 Å². The molecule has 6 heteroatoms. The molecular weight excluding hydrogens is 488 g/mol. The quantitative estimate of drug-likeness (QED) is 0.261. The van der Waals surface area contributed by atoms with Crippen molar-refractivity contribution in [3.63, 3.8) is 0 Å². The van der Waals surface area contributed by atoms with Crippen LogP contribution >= 0.6 is 22.9 Å². The molecular formula is C30H27ClN2O2S. The average molecular weight is 515 g/mol. The minimum absolute atomic E-state index is 0.0213. The summed E-state index contributed by atoms with van der Waals surface area (Å²) in [7, 11) is 1.66. The molecule has 4 aromatic rings. The van der Waals surface area contributed by atoms with Crippen LogP contribution in [0.15, 0.2) is 66.7 Å². The molecule has 1 aliphatic carbocycles. The van der Waals surface area contributed by atoms with Gasteiger partial charge in [0.25, 0.3) is 5.91 Å². The summed E-state index contributed by atoms with van der Waals surface area (Å²) in [6.07, 6.45) is 5.41. The van der Waals surface area contributed by atoms with Crippen LogP contribution in [-0.2, 0) is 6.54 Å². The molecule has 5 rings (SSSR count). The van der Waals surface area contributed by atoms with E-state index in [-0.39, 0.29) is 11.9 Å². The summed E-state index contributed by atoms with van der Waals surface area (Å²) in [4.78, 5) is 16.7. The average Bonchev–Trinajstić information content (AvgIpc) is 3.28. The van der Waals surface area contributed by atoms with Gasteiger partial charge in [-0.1, -0.05) is 67.3 Å². The Labute approximate surface area is 220 Å². The van der Waals surface area contributed by atoms with Crippen LogP contribution in [0.5, 0.6) is 5.75 Å². The summed E-state index contributed by atoms with van der Waals surface area (Å²) in [5, 5.41) is 10.8. The topological polar surface area (TPSA) is 53.3 Å². The van der Waals surface area contributed by atoms with Gasteiger partial charge in [-0.15, -0.1) is 11.3 Å². The van der Waals surface area contributed by atoms with E-state index >= 15 is 0 Å². The number of halogens is 1. The van der Waals surface area contributed by atoms with E-state index in [0.29, 0.717) is 22.0 Å². The Kier molecular flexibility index (Phi) is 7.27. The van der Waals surface area contributed by atoms with Crippen LogP contribution < -0.4 is 4.74 Å². The van der Waals surface area contributed by atoms with Gasteiger partial charge in [-0.25, -0.2) is 0 Å². The zero-order valence-corrected chi connectivity index (χ0v) is 21.7. The lowest BCUT2D eigenvalue weighted by molar-refractivity contribution is 0.0618. The van der Waals surface area contributed by atoms with E-state index in [1.165, 1.54) is 17.8 Å². The Morgan fingerprint density at radius 1 is 1.06 bits per heavy atom. The second-order valence-electron chi connectivity index (χ2n) is 9.19. The van der Waals surface area contributed by atoms with E-state index in [4.69, 9.17) is 16.3 Å². The minimum Gasteiger partial charge on any atom is -0.496 e. The molecule has 3 aromatic carbocycles. The fourth-order valence-electron chi connectivity index (χ4n) is 5.07. The van der Waals surface area contributed by atoms with Gasteiger partial charge in [0, 0.05) is 28.2 Å². The second kappa shape index (κ2) is 10.7. The third-order valence-corrected chi connectivity index (χ3v) is 8.61. The molecule has 1 aliphatic rings. The molecule has 1 aromatic heterocycles. The number of ether oxygens (including phenoxy) is 1. The highest BCUT2D eigenvalue weighted by Crippen LogP contribution is 2.38. The lowest BCUT2D eigenvalue weighted by atomic mass is 9.93. The number of amides is 1. The first-order valence-corrected chi connectivity index (χ1v) is 13.4. The molecule has 36 heavy (non-hydrogen) atoms. The SMILES string of the molecule is COc1ccc(-c2cccc(C#N)c2)cc1CN(C(=O)c1sc2ccccc2c1Cl)C1CCCCC1. The lowest BCUT2D eigenvalue weighted by Gasteiger charge is -2.34. The predicted molar refractivity (Wildman–Crippen MR) is 147 cm³/mol. The number of fused-ring (bicyclic) bond motifs is 1. The molecule has 0 N–H and O–H groups in total. The van der Waals surface area contributed by atoms with E-state index in [1.54, 1.807) is 13.2 Å². The number of carbonyl (C=O) groups excluding carboxylic acids is 1. The molecule has 0 bridgehead atoms. The normalized spacial score (nSPS) is 13.9. The summed E-state index contributed by atoms with van der Waals surface area (Å²) >= 11 is 8.21. The molecule has 0 aliphatic heterocycles. The molecule has 182 valence electrons. The lowest BCUT2D eigenvalue weighted by Crippen LogP contribution is -2.40. The van der Waals surface area contributed by atoms with Crippen LogP contribution in [0.1, 0.15) is 52.9 Å². The van der Waals surface area contributed by atoms with Crippen LogP contribution in [-0.4, -0.2) is 24.0 Å². The van der Waals surface area contributed by atoms with Gasteiger partial charge >= 0.3 is 0 Å². The van der Waals surface area contributed by atoms with Crippen molar-refractivity contribution in [3.05, 3.63) is 87.8 Å². The van der Waals surface area contributed by atoms with Crippen LogP contribution in [0.2, 0.25) is 5.02 Å². The van der Waals surface area contributed by atoms with Crippen molar-refractivity contribution in [2.45, 2.75) is 44.7 Å². The van der Waals surface area contributed by atoms with E-state index < -0.39 is 0 Å². The molecule has 0 saturated heterocycles. The van der Waals surface area contributed by atoms with E-state index in [1.807, 2.05) is 59.5 Å². The van der Waals surface area contributed by atoms with Gasteiger partial charge in [0.15, 0.2) is 0 Å². The summed E-state index contributed by atoms with van der Waals surface area (Å²) in [6.45, 7) is 0.434. The van der Waals surface area contributed by atoms with Gasteiger partial charge in [-0.3, -0.25) is 4.79 Å². The third kappa shape index (κ3) is 4.84. The van der Waals surface area contributed by atoms with Gasteiger partial charge in [0.1, 0.15) is 10.6 Å². The maximum Gasteiger partial charge on any atom is 0.266 e. The first-order valence-electron chi connectivity index (χ1n) is 12.2. The number of benzene rings is 3. The Balaban J connectivity index is 1.54. The van der Waals surface area contributed by atoms with Crippen LogP contribution in [0.3, 0.4) is 0 Å². The zero-order valence-electron chi connectivity index (χ0n) is 20.2. The smallest absolute Gasteiger partial charge is 0.266 e. The van der Waals surface area contributed by atoms with Gasteiger partial charge < -0.3 is 9.64 Å². The fourth-order valence-corrected chi connectivity index (χ4v) is 6.54. The summed E-state index contributed by atoms with van der Waals surface area (Å²) in [5.74, 6) is 0.721. The summed E-state index contributed by atoms with van der Waals surface area (Å²) in [6, 6.07) is 23.8. The Hall–Kier alpha value is -3.33. The Morgan fingerprint density at radius 2 is 1.83 bits per heavy atom. The van der Waals surface area contributed by atoms with Crippen LogP contribution in [0, 0.1) is 11.3 Å². The molecule has 1 amide bonds. The van der Waals surface area contributed by atoms with E-state index in [0.717, 1.165) is 58.2 Å². The van der Waals surface area contributed by atoms with Crippen LogP contribution in [0.4, 0.5) is 0 Å². The molecule has 4 nitrogen and oxygen atoms in total. The molecule has 0 spiro atoms. The Bertz CT molecular complexity index is 1450. The first-order chi connectivity index (χ1) is 17.6. The van der Waals surface area contributed by atoms with Crippen molar-refractivity contribution in [2.24, 2.45) is 0 Å². The van der Waals surface area contributed by atoms with E-state index in [2.05, 4.69) is 12.1 Å². The zero-order chi connectivity index (χ0) is 25.1. The fraction of sp³-hybridized carbons (Fsp3) is 0.267. The molecule has 1 heterocycles. The van der Waals surface area contributed by atoms with Gasteiger partial charge in [0.2, 0.25) is 0 Å². The van der Waals surface area contributed by atoms with Crippen molar-refractivity contribution in [3.8, 4) is 22.9 Å². The first kappa shape index (κ1) is 24.4. The van der Waals surface area contributed by atoms with Crippen molar-refractivity contribution in [1.82, 2.24) is 4.90 Å². The van der Waals surface area contributed by atoms with Gasteiger partial charge in [-0.05, 0) is 54.3 Å². The molecule has 0 radical (unpaired) electrons. The number of nitrogens with zero attached hydrogens (tertiary/aromatic N) is 2. The highest BCUT2D eigenvalue weighted by atomic mass is 35.5. The number of methoxy groups -OCH3 is 1. The summed E-state index contributed by atoms with van der Waals surface area (Å²) in [5.41, 5.74) is 3.50. The summed E-state index contributed by atoms with van der Waals surface area (Å²) < 4.78 is 6.73. The number of rotatable bonds is 6. The third-order valence-electron chi connectivity index (χ3n) is 6.95. The number of carbonyl (C=O) groups is 1.